The van der Waals surface area contributed by atoms with Gasteiger partial charge in [-0.1, -0.05) is 12.1 Å². The van der Waals surface area contributed by atoms with Gasteiger partial charge >= 0.3 is 6.18 Å². The van der Waals surface area contributed by atoms with E-state index in [0.717, 1.165) is 19.1 Å². The molecule has 0 radical (unpaired) electrons. The second-order valence-corrected chi connectivity index (χ2v) is 3.99. The topological polar surface area (TPSA) is 9.23 Å². The Morgan fingerprint density at radius 2 is 1.75 bits per heavy atom. The molecule has 110 valence electrons. The van der Waals surface area contributed by atoms with Crippen molar-refractivity contribution < 1.29 is 26.7 Å². The molecule has 0 aliphatic carbocycles. The molecule has 0 aliphatic heterocycles. The molecule has 1 unspecified atom stereocenters. The molecule has 1 rings (SSSR count). The van der Waals surface area contributed by atoms with E-state index in [0.29, 0.717) is 17.9 Å². The van der Waals surface area contributed by atoms with Gasteiger partial charge in [-0.05, 0) is 36.8 Å². The van der Waals surface area contributed by atoms with Crippen LogP contribution < -0.4 is 4.74 Å². The molecule has 0 spiro atoms. The number of rotatable bonds is 4. The maximum atomic E-state index is 13.7. The van der Waals surface area contributed by atoms with Gasteiger partial charge in [0.15, 0.2) is 0 Å². The first kappa shape index (κ1) is 16.2. The van der Waals surface area contributed by atoms with Gasteiger partial charge in [0.25, 0.3) is 0 Å². The van der Waals surface area contributed by atoms with E-state index < -0.39 is 23.7 Å². The van der Waals surface area contributed by atoms with E-state index in [1.54, 1.807) is 0 Å². The molecule has 1 aromatic carbocycles. The number of hydrogen-bond donors (Lipinski definition) is 0. The summed E-state index contributed by atoms with van der Waals surface area (Å²) in [5, 5.41) is 0. The van der Waals surface area contributed by atoms with Crippen LogP contribution in [0.2, 0.25) is 0 Å². The van der Waals surface area contributed by atoms with Crippen molar-refractivity contribution in [3.63, 3.8) is 0 Å². The standard InChI is InChI=1S/C14H13F5O/c1-9(15)3-8-12(16)13(14(17,18)19)10-4-6-11(20-2)7-5-10/h3-9H,1-2H3/b8-3+,13-12+. The van der Waals surface area contributed by atoms with Gasteiger partial charge in [-0.2, -0.15) is 13.2 Å². The molecule has 0 saturated carbocycles. The zero-order valence-electron chi connectivity index (χ0n) is 10.8. The highest BCUT2D eigenvalue weighted by molar-refractivity contribution is 5.73. The Hall–Kier alpha value is -1.85. The Bertz CT molecular complexity index is 497. The highest BCUT2D eigenvalue weighted by atomic mass is 19.4. The van der Waals surface area contributed by atoms with E-state index in [1.807, 2.05) is 0 Å². The van der Waals surface area contributed by atoms with Crippen LogP contribution in [0.3, 0.4) is 0 Å². The van der Waals surface area contributed by atoms with Crippen LogP contribution in [-0.4, -0.2) is 19.5 Å². The number of halogens is 5. The number of hydrogen-bond acceptors (Lipinski definition) is 1. The first-order chi connectivity index (χ1) is 9.25. The lowest BCUT2D eigenvalue weighted by molar-refractivity contribution is -0.0699. The first-order valence-corrected chi connectivity index (χ1v) is 5.69. The lowest BCUT2D eigenvalue weighted by Crippen LogP contribution is -2.12. The number of benzene rings is 1. The summed E-state index contributed by atoms with van der Waals surface area (Å²) in [5.41, 5.74) is -1.80. The molecular weight excluding hydrogens is 279 g/mol. The van der Waals surface area contributed by atoms with Crippen LogP contribution in [0.25, 0.3) is 5.57 Å². The summed E-state index contributed by atoms with van der Waals surface area (Å²) in [4.78, 5) is 0. The summed E-state index contributed by atoms with van der Waals surface area (Å²) >= 11 is 0. The third-order valence-corrected chi connectivity index (χ3v) is 2.41. The third-order valence-electron chi connectivity index (χ3n) is 2.41. The van der Waals surface area contributed by atoms with Crippen molar-refractivity contribution in [3.05, 3.63) is 47.8 Å². The summed E-state index contributed by atoms with van der Waals surface area (Å²) in [6.07, 6.45) is -5.23. The van der Waals surface area contributed by atoms with Crippen LogP contribution in [0, 0.1) is 0 Å². The molecule has 1 atom stereocenters. The molecule has 0 amide bonds. The molecule has 0 saturated heterocycles. The van der Waals surface area contributed by atoms with E-state index in [-0.39, 0.29) is 5.56 Å². The highest BCUT2D eigenvalue weighted by Crippen LogP contribution is 2.37. The first-order valence-electron chi connectivity index (χ1n) is 5.69. The summed E-state index contributed by atoms with van der Waals surface area (Å²) in [5.74, 6) is -1.18. The minimum absolute atomic E-state index is 0.351. The zero-order valence-corrected chi connectivity index (χ0v) is 10.8. The molecule has 1 aromatic rings. The number of allylic oxidation sites excluding steroid dienone is 4. The van der Waals surface area contributed by atoms with Gasteiger partial charge in [0.05, 0.1) is 12.7 Å². The molecule has 6 heteroatoms. The number of ether oxygens (including phenoxy) is 1. The Morgan fingerprint density at radius 1 is 1.20 bits per heavy atom. The van der Waals surface area contributed by atoms with Crippen LogP contribution in [0.15, 0.2) is 42.2 Å². The monoisotopic (exact) mass is 292 g/mol. The van der Waals surface area contributed by atoms with E-state index in [9.17, 15) is 22.0 Å². The van der Waals surface area contributed by atoms with E-state index in [1.165, 1.54) is 19.2 Å². The lowest BCUT2D eigenvalue weighted by atomic mass is 10.0. The Kier molecular flexibility index (Phi) is 5.30. The van der Waals surface area contributed by atoms with Gasteiger partial charge in [0.2, 0.25) is 0 Å². The van der Waals surface area contributed by atoms with Crippen LogP contribution in [-0.2, 0) is 0 Å². The van der Waals surface area contributed by atoms with Crippen molar-refractivity contribution in [2.75, 3.05) is 7.11 Å². The minimum Gasteiger partial charge on any atom is -0.497 e. The van der Waals surface area contributed by atoms with Gasteiger partial charge in [-0.3, -0.25) is 0 Å². The molecule has 20 heavy (non-hydrogen) atoms. The smallest absolute Gasteiger partial charge is 0.419 e. The summed E-state index contributed by atoms with van der Waals surface area (Å²) in [7, 11) is 1.36. The molecule has 0 aromatic heterocycles. The Labute approximate surface area is 113 Å². The minimum atomic E-state index is -4.89. The SMILES string of the molecule is COc1ccc(/C(=C(F)/C=C/C(C)F)C(F)(F)F)cc1. The third kappa shape index (κ3) is 4.36. The average Bonchev–Trinajstić information content (AvgIpc) is 2.35. The van der Waals surface area contributed by atoms with Crippen molar-refractivity contribution >= 4 is 5.57 Å². The summed E-state index contributed by atoms with van der Waals surface area (Å²) in [6, 6.07) is 4.76. The number of methoxy groups -OCH3 is 1. The normalized spacial score (nSPS) is 15.2. The van der Waals surface area contributed by atoms with Gasteiger partial charge in [-0.25, -0.2) is 8.78 Å². The fourth-order valence-electron chi connectivity index (χ4n) is 1.50. The largest absolute Gasteiger partial charge is 0.497 e. The van der Waals surface area contributed by atoms with Gasteiger partial charge in [0.1, 0.15) is 17.7 Å². The van der Waals surface area contributed by atoms with E-state index in [4.69, 9.17) is 4.74 Å². The second kappa shape index (κ2) is 6.54. The van der Waals surface area contributed by atoms with Crippen molar-refractivity contribution in [3.8, 4) is 5.75 Å². The molecule has 0 heterocycles. The lowest BCUT2D eigenvalue weighted by Gasteiger charge is -2.13. The van der Waals surface area contributed by atoms with Crippen LogP contribution in [0.4, 0.5) is 22.0 Å². The van der Waals surface area contributed by atoms with Crippen molar-refractivity contribution in [1.82, 2.24) is 0 Å². The predicted octanol–water partition coefficient (Wildman–Crippen LogP) is 4.85. The van der Waals surface area contributed by atoms with Gasteiger partial charge in [0, 0.05) is 0 Å². The van der Waals surface area contributed by atoms with Crippen molar-refractivity contribution in [2.45, 2.75) is 19.3 Å². The van der Waals surface area contributed by atoms with Crippen LogP contribution >= 0.6 is 0 Å². The maximum Gasteiger partial charge on any atom is 0.419 e. The fourth-order valence-corrected chi connectivity index (χ4v) is 1.50. The fraction of sp³-hybridized carbons (Fsp3) is 0.286. The highest BCUT2D eigenvalue weighted by Gasteiger charge is 2.37. The summed E-state index contributed by atoms with van der Waals surface area (Å²) < 4.78 is 69.8. The van der Waals surface area contributed by atoms with E-state index in [2.05, 4.69) is 0 Å². The summed E-state index contributed by atoms with van der Waals surface area (Å²) in [6.45, 7) is 1.09. The van der Waals surface area contributed by atoms with E-state index >= 15 is 0 Å². The van der Waals surface area contributed by atoms with Gasteiger partial charge < -0.3 is 4.74 Å². The second-order valence-electron chi connectivity index (χ2n) is 3.99. The Morgan fingerprint density at radius 3 is 2.15 bits per heavy atom. The average molecular weight is 292 g/mol. The molecule has 0 bridgehead atoms. The van der Waals surface area contributed by atoms with Gasteiger partial charge in [-0.15, -0.1) is 0 Å². The van der Waals surface area contributed by atoms with Crippen molar-refractivity contribution in [2.24, 2.45) is 0 Å². The van der Waals surface area contributed by atoms with Crippen LogP contribution in [0.5, 0.6) is 5.75 Å². The molecule has 0 aliphatic rings. The molecule has 0 N–H and O–H groups in total. The van der Waals surface area contributed by atoms with Crippen LogP contribution in [0.1, 0.15) is 12.5 Å². The zero-order chi connectivity index (χ0) is 15.3. The molecule has 1 nitrogen and oxygen atoms in total. The quantitative estimate of drug-likeness (QED) is 0.569. The predicted molar refractivity (Wildman–Crippen MR) is 66.8 cm³/mol. The number of alkyl halides is 4. The van der Waals surface area contributed by atoms with Crippen molar-refractivity contribution in [1.29, 1.82) is 0 Å². The molecule has 0 fully saturated rings. The molecular formula is C14H13F5O. The maximum absolute atomic E-state index is 13.7. The Balaban J connectivity index is 3.28.